The predicted octanol–water partition coefficient (Wildman–Crippen LogP) is 2.28. The third-order valence-electron chi connectivity index (χ3n) is 4.75. The lowest BCUT2D eigenvalue weighted by Gasteiger charge is -2.45. The highest BCUT2D eigenvalue weighted by atomic mass is 16.5. The van der Waals surface area contributed by atoms with E-state index in [0.29, 0.717) is 12.6 Å². The fourth-order valence-corrected chi connectivity index (χ4v) is 3.54. The first kappa shape index (κ1) is 14.7. The highest BCUT2D eigenvalue weighted by molar-refractivity contribution is 5.42. The number of rotatable bonds is 6. The van der Waals surface area contributed by atoms with Crippen molar-refractivity contribution >= 4 is 0 Å². The number of nitrogens with one attached hydrogen (secondary N) is 1. The topological polar surface area (TPSA) is 33.7 Å². The van der Waals surface area contributed by atoms with Gasteiger partial charge in [-0.15, -0.1) is 0 Å². The van der Waals surface area contributed by atoms with E-state index in [1.165, 1.54) is 38.0 Å². The molecular formula is C17H26N2O2. The van der Waals surface area contributed by atoms with Crippen molar-refractivity contribution in [1.29, 1.82) is 0 Å². The van der Waals surface area contributed by atoms with Crippen LogP contribution in [0.3, 0.4) is 0 Å². The molecule has 0 aromatic heterocycles. The summed E-state index contributed by atoms with van der Waals surface area (Å²) in [5.41, 5.74) is 1.26. The fraction of sp³-hybridized carbons (Fsp3) is 0.647. The van der Waals surface area contributed by atoms with Crippen LogP contribution in [0.25, 0.3) is 0 Å². The quantitative estimate of drug-likeness (QED) is 0.871. The minimum absolute atomic E-state index is 0.644. The number of fused-ring (bicyclic) bond motifs is 3. The largest absolute Gasteiger partial charge is 0.493 e. The summed E-state index contributed by atoms with van der Waals surface area (Å²) < 4.78 is 11.0. The minimum Gasteiger partial charge on any atom is -0.493 e. The van der Waals surface area contributed by atoms with Gasteiger partial charge in [-0.3, -0.25) is 0 Å². The van der Waals surface area contributed by atoms with Crippen LogP contribution in [0.2, 0.25) is 0 Å². The third-order valence-corrected chi connectivity index (χ3v) is 4.75. The van der Waals surface area contributed by atoms with Crippen molar-refractivity contribution in [1.82, 2.24) is 10.2 Å². The van der Waals surface area contributed by atoms with Gasteiger partial charge in [0.2, 0.25) is 0 Å². The Hall–Kier alpha value is -1.26. The number of nitrogens with zero attached hydrogens (tertiary/aromatic N) is 1. The minimum atomic E-state index is 0.644. The lowest BCUT2D eigenvalue weighted by atomic mass is 9.84. The molecular weight excluding hydrogens is 264 g/mol. The molecule has 0 amide bonds. The Morgan fingerprint density at radius 3 is 2.67 bits per heavy atom. The van der Waals surface area contributed by atoms with E-state index in [0.717, 1.165) is 24.0 Å². The van der Waals surface area contributed by atoms with Crippen LogP contribution in [0.1, 0.15) is 25.3 Å². The van der Waals surface area contributed by atoms with Gasteiger partial charge >= 0.3 is 0 Å². The number of hydrogen-bond donors (Lipinski definition) is 1. The van der Waals surface area contributed by atoms with Crippen LogP contribution in [0.15, 0.2) is 18.2 Å². The molecule has 3 fully saturated rings. The maximum atomic E-state index is 5.57. The predicted molar refractivity (Wildman–Crippen MR) is 84.0 cm³/mol. The van der Waals surface area contributed by atoms with Gasteiger partial charge in [0, 0.05) is 19.1 Å². The van der Waals surface area contributed by atoms with E-state index in [1.54, 1.807) is 7.11 Å². The zero-order valence-electron chi connectivity index (χ0n) is 13.1. The lowest BCUT2D eigenvalue weighted by molar-refractivity contribution is 0.0720. The lowest BCUT2D eigenvalue weighted by Crippen LogP contribution is -2.55. The molecule has 1 aromatic rings. The molecule has 0 saturated carbocycles. The molecule has 3 heterocycles. The molecule has 3 aliphatic heterocycles. The zero-order valence-corrected chi connectivity index (χ0v) is 13.1. The summed E-state index contributed by atoms with van der Waals surface area (Å²) in [7, 11) is 1.70. The highest BCUT2D eigenvalue weighted by Crippen LogP contribution is 2.29. The van der Waals surface area contributed by atoms with Gasteiger partial charge in [-0.2, -0.15) is 0 Å². The summed E-state index contributed by atoms with van der Waals surface area (Å²) in [5.74, 6) is 2.51. The van der Waals surface area contributed by atoms with Crippen molar-refractivity contribution in [3.05, 3.63) is 23.8 Å². The number of benzene rings is 1. The molecule has 1 unspecified atom stereocenters. The monoisotopic (exact) mass is 290 g/mol. The average Bonchev–Trinajstić information content (AvgIpc) is 2.55. The van der Waals surface area contributed by atoms with Gasteiger partial charge in [-0.05, 0) is 56.5 Å². The molecule has 1 N–H and O–H groups in total. The zero-order chi connectivity index (χ0) is 14.7. The van der Waals surface area contributed by atoms with Crippen molar-refractivity contribution < 1.29 is 9.47 Å². The maximum absolute atomic E-state index is 5.57. The molecule has 4 rings (SSSR count). The fourth-order valence-electron chi connectivity index (χ4n) is 3.54. The highest BCUT2D eigenvalue weighted by Gasteiger charge is 2.33. The van der Waals surface area contributed by atoms with E-state index >= 15 is 0 Å². The van der Waals surface area contributed by atoms with Crippen molar-refractivity contribution in [3.8, 4) is 11.5 Å². The van der Waals surface area contributed by atoms with Crippen LogP contribution in [0.5, 0.6) is 11.5 Å². The SMILES string of the molecule is CCOc1ccc(CNC2CN3CCC2CC3)cc1OC. The van der Waals surface area contributed by atoms with Crippen molar-refractivity contribution in [2.24, 2.45) is 5.92 Å². The summed E-state index contributed by atoms with van der Waals surface area (Å²) in [6, 6.07) is 6.86. The van der Waals surface area contributed by atoms with Gasteiger partial charge in [0.05, 0.1) is 13.7 Å². The molecule has 4 nitrogen and oxygen atoms in total. The average molecular weight is 290 g/mol. The molecule has 3 aliphatic rings. The van der Waals surface area contributed by atoms with E-state index in [2.05, 4.69) is 22.3 Å². The van der Waals surface area contributed by atoms with E-state index in [4.69, 9.17) is 9.47 Å². The first-order valence-corrected chi connectivity index (χ1v) is 8.05. The summed E-state index contributed by atoms with van der Waals surface area (Å²) >= 11 is 0. The Kier molecular flexibility index (Phi) is 4.66. The normalized spacial score (nSPS) is 27.6. The number of methoxy groups -OCH3 is 1. The second-order valence-corrected chi connectivity index (χ2v) is 6.04. The summed E-state index contributed by atoms with van der Waals surface area (Å²) in [6.07, 6.45) is 2.70. The van der Waals surface area contributed by atoms with Gasteiger partial charge in [-0.25, -0.2) is 0 Å². The molecule has 4 heteroatoms. The molecule has 116 valence electrons. The summed E-state index contributed by atoms with van der Waals surface area (Å²) in [4.78, 5) is 2.58. The van der Waals surface area contributed by atoms with Gasteiger partial charge in [0.1, 0.15) is 0 Å². The Labute approximate surface area is 127 Å². The van der Waals surface area contributed by atoms with Crippen LogP contribution < -0.4 is 14.8 Å². The van der Waals surface area contributed by atoms with Crippen molar-refractivity contribution in [3.63, 3.8) is 0 Å². The molecule has 2 bridgehead atoms. The number of piperidine rings is 3. The first-order chi connectivity index (χ1) is 10.3. The summed E-state index contributed by atoms with van der Waals surface area (Å²) in [6.45, 7) is 7.34. The second-order valence-electron chi connectivity index (χ2n) is 6.04. The number of ether oxygens (including phenoxy) is 2. The third kappa shape index (κ3) is 3.33. The smallest absolute Gasteiger partial charge is 0.161 e. The summed E-state index contributed by atoms with van der Waals surface area (Å²) in [5, 5.41) is 3.73. The second kappa shape index (κ2) is 6.67. The molecule has 1 atom stereocenters. The Balaban J connectivity index is 1.60. The Morgan fingerprint density at radius 2 is 2.05 bits per heavy atom. The molecule has 3 saturated heterocycles. The molecule has 1 aromatic carbocycles. The maximum Gasteiger partial charge on any atom is 0.161 e. The molecule has 0 spiro atoms. The first-order valence-electron chi connectivity index (χ1n) is 8.05. The van der Waals surface area contributed by atoms with E-state index in [-0.39, 0.29) is 0 Å². The Bertz CT molecular complexity index is 470. The van der Waals surface area contributed by atoms with Crippen molar-refractivity contribution in [2.45, 2.75) is 32.4 Å². The molecule has 0 aliphatic carbocycles. The van der Waals surface area contributed by atoms with E-state index in [1.807, 2.05) is 13.0 Å². The van der Waals surface area contributed by atoms with E-state index < -0.39 is 0 Å². The van der Waals surface area contributed by atoms with Crippen LogP contribution in [-0.2, 0) is 6.54 Å². The standard InChI is InChI=1S/C17H26N2O2/c1-3-21-16-5-4-13(10-17(16)20-2)11-18-15-12-19-8-6-14(15)7-9-19/h4-5,10,14-15,18H,3,6-9,11-12H2,1-2H3. The molecule has 0 radical (unpaired) electrons. The number of hydrogen-bond acceptors (Lipinski definition) is 4. The van der Waals surface area contributed by atoms with Crippen molar-refractivity contribution in [2.75, 3.05) is 33.4 Å². The Morgan fingerprint density at radius 1 is 1.24 bits per heavy atom. The van der Waals surface area contributed by atoms with Gasteiger partial charge in [0.25, 0.3) is 0 Å². The molecule has 21 heavy (non-hydrogen) atoms. The van der Waals surface area contributed by atoms with Gasteiger partial charge in [0.15, 0.2) is 11.5 Å². The van der Waals surface area contributed by atoms with Crippen LogP contribution in [0.4, 0.5) is 0 Å². The van der Waals surface area contributed by atoms with Gasteiger partial charge < -0.3 is 19.7 Å². The van der Waals surface area contributed by atoms with Crippen LogP contribution >= 0.6 is 0 Å². The van der Waals surface area contributed by atoms with Crippen LogP contribution in [-0.4, -0.2) is 44.3 Å². The van der Waals surface area contributed by atoms with Gasteiger partial charge in [-0.1, -0.05) is 6.07 Å². The van der Waals surface area contributed by atoms with Crippen LogP contribution in [0, 0.1) is 5.92 Å². The van der Waals surface area contributed by atoms with E-state index in [9.17, 15) is 0 Å².